The molecule has 0 spiro atoms. The van der Waals surface area contributed by atoms with E-state index in [4.69, 9.17) is 11.6 Å². The van der Waals surface area contributed by atoms with Gasteiger partial charge >= 0.3 is 0 Å². The maximum Gasteiger partial charge on any atom is 0.227 e. The highest BCUT2D eigenvalue weighted by atomic mass is 35.5. The molecule has 2 aliphatic rings. The first-order chi connectivity index (χ1) is 9.75. The zero-order valence-electron chi connectivity index (χ0n) is 10.9. The summed E-state index contributed by atoms with van der Waals surface area (Å²) in [5.74, 6) is 0.224. The van der Waals surface area contributed by atoms with Crippen LogP contribution in [0.4, 0.5) is 5.69 Å². The van der Waals surface area contributed by atoms with E-state index in [1.807, 2.05) is 23.2 Å². The van der Waals surface area contributed by atoms with Crippen molar-refractivity contribution < 1.29 is 4.79 Å². The third kappa shape index (κ3) is 1.59. The topological polar surface area (TPSA) is 33.2 Å². The molecule has 1 aromatic heterocycles. The second-order valence-electron chi connectivity index (χ2n) is 5.26. The van der Waals surface area contributed by atoms with Gasteiger partial charge < -0.3 is 4.90 Å². The average molecular weight is 285 g/mol. The van der Waals surface area contributed by atoms with Gasteiger partial charge in [0.1, 0.15) is 0 Å². The lowest BCUT2D eigenvalue weighted by molar-refractivity contribution is -0.118. The summed E-state index contributed by atoms with van der Waals surface area (Å²) in [5, 5.41) is 0.772. The van der Waals surface area contributed by atoms with Gasteiger partial charge in [-0.15, -0.1) is 0 Å². The van der Waals surface area contributed by atoms with Gasteiger partial charge in [0, 0.05) is 36.5 Å². The van der Waals surface area contributed by atoms with Gasteiger partial charge in [-0.1, -0.05) is 17.7 Å². The summed E-state index contributed by atoms with van der Waals surface area (Å²) < 4.78 is 0. The van der Waals surface area contributed by atoms with Crippen LogP contribution in [0.2, 0.25) is 5.02 Å². The first kappa shape index (κ1) is 11.9. The Kier molecular flexibility index (Phi) is 2.57. The van der Waals surface area contributed by atoms with Crippen molar-refractivity contribution >= 4 is 23.2 Å². The predicted octanol–water partition coefficient (Wildman–Crippen LogP) is 3.24. The van der Waals surface area contributed by atoms with Crippen molar-refractivity contribution in [3.05, 3.63) is 46.7 Å². The Hall–Kier alpha value is -1.87. The minimum atomic E-state index is 0.224. The zero-order valence-corrected chi connectivity index (χ0v) is 11.7. The lowest BCUT2D eigenvalue weighted by Gasteiger charge is -2.26. The number of hydrogen-bond donors (Lipinski definition) is 0. The molecular weight excluding hydrogens is 272 g/mol. The molecule has 0 radical (unpaired) electrons. The third-order valence-electron chi connectivity index (χ3n) is 4.15. The molecule has 100 valence electrons. The molecule has 0 fully saturated rings. The van der Waals surface area contributed by atoms with Crippen LogP contribution in [-0.2, 0) is 17.6 Å². The van der Waals surface area contributed by atoms with E-state index in [1.165, 1.54) is 5.56 Å². The summed E-state index contributed by atoms with van der Waals surface area (Å²) in [7, 11) is 0. The molecule has 2 aliphatic heterocycles. The maximum atomic E-state index is 12.0. The first-order valence-corrected chi connectivity index (χ1v) is 7.18. The highest BCUT2D eigenvalue weighted by Crippen LogP contribution is 2.44. The largest absolute Gasteiger partial charge is 0.311 e. The van der Waals surface area contributed by atoms with E-state index in [-0.39, 0.29) is 5.91 Å². The Morgan fingerprint density at radius 3 is 2.95 bits per heavy atom. The number of anilines is 1. The minimum Gasteiger partial charge on any atom is -0.311 e. The van der Waals surface area contributed by atoms with E-state index in [1.54, 1.807) is 6.20 Å². The molecule has 3 nitrogen and oxygen atoms in total. The number of carbonyl (C=O) groups is 1. The molecule has 0 saturated carbocycles. The monoisotopic (exact) mass is 284 g/mol. The molecule has 3 heterocycles. The lowest BCUT2D eigenvalue weighted by Crippen LogP contribution is -2.32. The highest BCUT2D eigenvalue weighted by Gasteiger charge is 2.33. The van der Waals surface area contributed by atoms with E-state index >= 15 is 0 Å². The minimum absolute atomic E-state index is 0.224. The fraction of sp³-hybridized carbons (Fsp3) is 0.250. The van der Waals surface area contributed by atoms with Crippen molar-refractivity contribution in [3.8, 4) is 11.1 Å². The smallest absolute Gasteiger partial charge is 0.227 e. The summed E-state index contributed by atoms with van der Waals surface area (Å²) in [6.45, 7) is 0.761. The standard InChI is InChI=1S/C16H13ClN2O/c17-15-12-5-7-19-14(20)4-3-10(16(12)19)8-13(15)11-2-1-6-18-9-11/h1-2,6,8-9H,3-5,7H2. The molecule has 0 atom stereocenters. The summed E-state index contributed by atoms with van der Waals surface area (Å²) in [4.78, 5) is 18.0. The quantitative estimate of drug-likeness (QED) is 0.805. The lowest BCUT2D eigenvalue weighted by atomic mass is 9.94. The van der Waals surface area contributed by atoms with Crippen molar-refractivity contribution in [2.45, 2.75) is 19.3 Å². The predicted molar refractivity (Wildman–Crippen MR) is 79.1 cm³/mol. The number of halogens is 1. The Morgan fingerprint density at radius 2 is 2.15 bits per heavy atom. The molecule has 0 aliphatic carbocycles. The summed E-state index contributed by atoms with van der Waals surface area (Å²) >= 11 is 6.59. The molecule has 0 bridgehead atoms. The molecule has 4 heteroatoms. The summed E-state index contributed by atoms with van der Waals surface area (Å²) in [6, 6.07) is 6.07. The number of benzene rings is 1. The molecular formula is C16H13ClN2O. The fourth-order valence-electron chi connectivity index (χ4n) is 3.21. The van der Waals surface area contributed by atoms with E-state index in [2.05, 4.69) is 11.1 Å². The van der Waals surface area contributed by atoms with Gasteiger partial charge in [-0.2, -0.15) is 0 Å². The van der Waals surface area contributed by atoms with E-state index in [0.29, 0.717) is 6.42 Å². The molecule has 20 heavy (non-hydrogen) atoms. The van der Waals surface area contributed by atoms with E-state index in [9.17, 15) is 4.79 Å². The van der Waals surface area contributed by atoms with Gasteiger partial charge in [0.25, 0.3) is 0 Å². The third-order valence-corrected chi connectivity index (χ3v) is 4.58. The van der Waals surface area contributed by atoms with Crippen LogP contribution in [0.5, 0.6) is 0 Å². The van der Waals surface area contributed by atoms with Crippen LogP contribution in [-0.4, -0.2) is 17.4 Å². The normalized spacial score (nSPS) is 16.4. The number of pyridine rings is 1. The molecule has 4 rings (SSSR count). The Morgan fingerprint density at radius 1 is 1.25 bits per heavy atom. The number of carbonyl (C=O) groups excluding carboxylic acids is 1. The van der Waals surface area contributed by atoms with Crippen LogP contribution >= 0.6 is 11.6 Å². The van der Waals surface area contributed by atoms with Gasteiger partial charge in [0.2, 0.25) is 5.91 Å². The van der Waals surface area contributed by atoms with Crippen molar-refractivity contribution in [3.63, 3.8) is 0 Å². The number of aromatic nitrogens is 1. The van der Waals surface area contributed by atoms with Crippen LogP contribution in [0.3, 0.4) is 0 Å². The van der Waals surface area contributed by atoms with Crippen LogP contribution < -0.4 is 4.90 Å². The van der Waals surface area contributed by atoms with Crippen LogP contribution in [0.25, 0.3) is 11.1 Å². The molecule has 0 saturated heterocycles. The molecule has 0 N–H and O–H groups in total. The number of rotatable bonds is 1. The van der Waals surface area contributed by atoms with E-state index in [0.717, 1.165) is 46.8 Å². The molecule has 0 unspecified atom stereocenters. The fourth-order valence-corrected chi connectivity index (χ4v) is 3.56. The van der Waals surface area contributed by atoms with Gasteiger partial charge in [-0.05, 0) is 36.1 Å². The van der Waals surface area contributed by atoms with Gasteiger partial charge in [0.05, 0.1) is 10.7 Å². The Balaban J connectivity index is 1.95. The summed E-state index contributed by atoms with van der Waals surface area (Å²) in [5.41, 5.74) is 5.49. The SMILES string of the molecule is O=C1CCc2cc(-c3cccnc3)c(Cl)c3c2N1CC3. The van der Waals surface area contributed by atoms with Crippen LogP contribution in [0, 0.1) is 0 Å². The highest BCUT2D eigenvalue weighted by molar-refractivity contribution is 6.35. The van der Waals surface area contributed by atoms with Crippen molar-refractivity contribution in [1.29, 1.82) is 0 Å². The summed E-state index contributed by atoms with van der Waals surface area (Å²) in [6.07, 6.45) is 5.85. The van der Waals surface area contributed by atoms with Crippen LogP contribution in [0.15, 0.2) is 30.6 Å². The molecule has 1 amide bonds. The number of hydrogen-bond acceptors (Lipinski definition) is 2. The number of amides is 1. The van der Waals surface area contributed by atoms with Gasteiger partial charge in [-0.25, -0.2) is 0 Å². The average Bonchev–Trinajstić information content (AvgIpc) is 2.93. The number of aryl methyl sites for hydroxylation is 1. The van der Waals surface area contributed by atoms with E-state index < -0.39 is 0 Å². The molecule has 1 aromatic carbocycles. The second kappa shape index (κ2) is 4.32. The van der Waals surface area contributed by atoms with Crippen molar-refractivity contribution in [1.82, 2.24) is 4.98 Å². The Bertz CT molecular complexity index is 712. The maximum absolute atomic E-state index is 12.0. The molecule has 2 aromatic rings. The van der Waals surface area contributed by atoms with Crippen molar-refractivity contribution in [2.24, 2.45) is 0 Å². The number of nitrogens with zero attached hydrogens (tertiary/aromatic N) is 2. The van der Waals surface area contributed by atoms with Gasteiger partial charge in [-0.3, -0.25) is 9.78 Å². The van der Waals surface area contributed by atoms with Gasteiger partial charge in [0.15, 0.2) is 0 Å². The second-order valence-corrected chi connectivity index (χ2v) is 5.64. The first-order valence-electron chi connectivity index (χ1n) is 6.80. The zero-order chi connectivity index (χ0) is 13.7. The Labute approximate surface area is 122 Å². The van der Waals surface area contributed by atoms with Crippen molar-refractivity contribution in [2.75, 3.05) is 11.4 Å². The van der Waals surface area contributed by atoms with Crippen LogP contribution in [0.1, 0.15) is 17.5 Å².